The Bertz CT molecular complexity index is 1000. The molecular weight excluding hydrogens is 438 g/mol. The van der Waals surface area contributed by atoms with Gasteiger partial charge in [-0.1, -0.05) is 47.6 Å². The number of thioether (sulfide) groups is 1. The third-order valence-electron chi connectivity index (χ3n) is 4.94. The Morgan fingerprint density at radius 3 is 2.18 bits per heavy atom. The second-order valence-electron chi connectivity index (χ2n) is 10.00. The average molecular weight is 474 g/mol. The molecule has 2 aromatic rings. The van der Waals surface area contributed by atoms with Crippen LogP contribution in [0.2, 0.25) is 0 Å². The van der Waals surface area contributed by atoms with Gasteiger partial charge in [0.1, 0.15) is 5.75 Å². The van der Waals surface area contributed by atoms with Gasteiger partial charge >= 0.3 is 5.97 Å². The maximum Gasteiger partial charge on any atom is 0.310 e. The molecule has 0 fully saturated rings. The van der Waals surface area contributed by atoms with Crippen LogP contribution >= 0.6 is 11.8 Å². The Morgan fingerprint density at radius 2 is 1.64 bits per heavy atom. The van der Waals surface area contributed by atoms with Crippen molar-refractivity contribution in [3.8, 4) is 17.2 Å². The van der Waals surface area contributed by atoms with E-state index in [1.807, 2.05) is 32.9 Å². The number of ether oxygens (including phenoxy) is 2. The molecule has 2 N–H and O–H groups in total. The minimum absolute atomic E-state index is 0.0382. The van der Waals surface area contributed by atoms with Gasteiger partial charge in [-0.25, -0.2) is 0 Å². The summed E-state index contributed by atoms with van der Waals surface area (Å²) in [7, 11) is 1.55. The molecule has 6 nitrogen and oxygen atoms in total. The summed E-state index contributed by atoms with van der Waals surface area (Å²) in [6.45, 7) is 13.7. The number of nitrogens with one attached hydrogen (secondary N) is 1. The maximum atomic E-state index is 12.5. The first-order chi connectivity index (χ1) is 15.2. The summed E-state index contributed by atoms with van der Waals surface area (Å²) in [5.74, 6) is 0.594. The molecule has 0 heterocycles. The first-order valence-electron chi connectivity index (χ1n) is 10.9. The van der Waals surface area contributed by atoms with Gasteiger partial charge < -0.3 is 19.9 Å². The summed E-state index contributed by atoms with van der Waals surface area (Å²) in [5, 5.41) is 12.4. The first kappa shape index (κ1) is 26.6. The first-order valence-corrected chi connectivity index (χ1v) is 11.9. The van der Waals surface area contributed by atoms with E-state index >= 15 is 0 Å². The number of benzene rings is 2. The van der Waals surface area contributed by atoms with E-state index in [1.54, 1.807) is 50.1 Å². The fraction of sp³-hybridized carbons (Fsp3) is 0.462. The van der Waals surface area contributed by atoms with Crippen molar-refractivity contribution in [3.63, 3.8) is 0 Å². The van der Waals surface area contributed by atoms with Gasteiger partial charge in [-0.15, -0.1) is 0 Å². The summed E-state index contributed by atoms with van der Waals surface area (Å²) in [6, 6.07) is 10.7. The summed E-state index contributed by atoms with van der Waals surface area (Å²) < 4.78 is 11.7. The number of amides is 1. The monoisotopic (exact) mass is 473 g/mol. The van der Waals surface area contributed by atoms with Gasteiger partial charge in [-0.3, -0.25) is 9.59 Å². The summed E-state index contributed by atoms with van der Waals surface area (Å²) in [4.78, 5) is 23.9. The lowest BCUT2D eigenvalue weighted by Gasteiger charge is -2.21. The minimum Gasteiger partial charge on any atom is -0.493 e. The molecular formula is C26H35NO5S. The number of methoxy groups -OCH3 is 1. The standard InChI is InChI=1S/C26H35NO5S/c1-16(23(28)29)17-9-11-21(31-8)22(14-17)32-20-12-10-19(27-24(30)25(2,3)4)13-18(20)15-33-26(5,6)7/h9-14,16H,15H2,1-8H3,(H,27,30)(H,28,29). The molecule has 0 radical (unpaired) electrons. The van der Waals surface area contributed by atoms with Crippen LogP contribution in [-0.4, -0.2) is 28.8 Å². The molecule has 7 heteroatoms. The highest BCUT2D eigenvalue weighted by Crippen LogP contribution is 2.39. The van der Waals surface area contributed by atoms with E-state index in [-0.39, 0.29) is 10.7 Å². The highest BCUT2D eigenvalue weighted by atomic mass is 32.2. The van der Waals surface area contributed by atoms with Gasteiger partial charge in [0.15, 0.2) is 11.5 Å². The van der Waals surface area contributed by atoms with Gasteiger partial charge in [0.2, 0.25) is 5.91 Å². The zero-order chi connectivity index (χ0) is 25.0. The number of carbonyl (C=O) groups is 2. The summed E-state index contributed by atoms with van der Waals surface area (Å²) >= 11 is 1.76. The fourth-order valence-corrected chi connectivity index (χ4v) is 3.60. The zero-order valence-electron chi connectivity index (χ0n) is 20.7. The zero-order valence-corrected chi connectivity index (χ0v) is 21.6. The molecule has 1 unspecified atom stereocenters. The van der Waals surface area contributed by atoms with Crippen LogP contribution in [0.3, 0.4) is 0 Å². The van der Waals surface area contributed by atoms with Gasteiger partial charge in [-0.2, -0.15) is 11.8 Å². The van der Waals surface area contributed by atoms with Crippen LogP contribution in [0.1, 0.15) is 65.5 Å². The molecule has 33 heavy (non-hydrogen) atoms. The topological polar surface area (TPSA) is 84.9 Å². The molecule has 2 rings (SSSR count). The Hall–Kier alpha value is -2.67. The lowest BCUT2D eigenvalue weighted by Crippen LogP contribution is -2.27. The minimum atomic E-state index is -0.910. The number of carbonyl (C=O) groups excluding carboxylic acids is 1. The number of aliphatic carboxylic acids is 1. The Labute approximate surface area is 201 Å². The van der Waals surface area contributed by atoms with Crippen molar-refractivity contribution in [1.29, 1.82) is 0 Å². The molecule has 0 spiro atoms. The molecule has 1 atom stereocenters. The number of carboxylic acids is 1. The molecule has 2 aromatic carbocycles. The molecule has 0 saturated carbocycles. The van der Waals surface area contributed by atoms with Crippen molar-refractivity contribution < 1.29 is 24.2 Å². The molecule has 0 aliphatic heterocycles. The highest BCUT2D eigenvalue weighted by Gasteiger charge is 2.22. The van der Waals surface area contributed by atoms with E-state index in [1.165, 1.54) is 0 Å². The Morgan fingerprint density at radius 1 is 1.00 bits per heavy atom. The average Bonchev–Trinajstić information content (AvgIpc) is 2.71. The van der Waals surface area contributed by atoms with Gasteiger partial charge in [0.25, 0.3) is 0 Å². The van der Waals surface area contributed by atoms with Crippen LogP contribution in [-0.2, 0) is 15.3 Å². The third-order valence-corrected chi connectivity index (χ3v) is 6.26. The fourth-order valence-electron chi connectivity index (χ4n) is 2.79. The predicted octanol–water partition coefficient (Wildman–Crippen LogP) is 6.69. The second-order valence-corrected chi connectivity index (χ2v) is 11.8. The number of carboxylic acid groups (broad SMARTS) is 1. The van der Waals surface area contributed by atoms with Gasteiger partial charge in [-0.05, 0) is 42.8 Å². The van der Waals surface area contributed by atoms with Crippen LogP contribution in [0, 0.1) is 5.41 Å². The lowest BCUT2D eigenvalue weighted by atomic mass is 9.95. The second kappa shape index (κ2) is 10.5. The van der Waals surface area contributed by atoms with E-state index in [9.17, 15) is 14.7 Å². The molecule has 180 valence electrons. The van der Waals surface area contributed by atoms with Crippen molar-refractivity contribution in [3.05, 3.63) is 47.5 Å². The van der Waals surface area contributed by atoms with E-state index < -0.39 is 17.3 Å². The van der Waals surface area contributed by atoms with Crippen molar-refractivity contribution >= 4 is 29.3 Å². The van der Waals surface area contributed by atoms with Crippen molar-refractivity contribution in [2.45, 2.75) is 64.9 Å². The van der Waals surface area contributed by atoms with Crippen molar-refractivity contribution in [2.75, 3.05) is 12.4 Å². The Balaban J connectivity index is 2.44. The van der Waals surface area contributed by atoms with Gasteiger partial charge in [0.05, 0.1) is 13.0 Å². The molecule has 0 aliphatic carbocycles. The molecule has 0 aromatic heterocycles. The highest BCUT2D eigenvalue weighted by molar-refractivity contribution is 7.99. The van der Waals surface area contributed by atoms with Gasteiger partial charge in [0, 0.05) is 27.2 Å². The number of rotatable bonds is 8. The molecule has 0 bridgehead atoms. The molecule has 0 saturated heterocycles. The number of hydrogen-bond donors (Lipinski definition) is 2. The van der Waals surface area contributed by atoms with Crippen LogP contribution in [0.25, 0.3) is 0 Å². The SMILES string of the molecule is COc1ccc(C(C)C(=O)O)cc1Oc1ccc(NC(=O)C(C)(C)C)cc1CSC(C)(C)C. The third kappa shape index (κ3) is 7.70. The van der Waals surface area contributed by atoms with E-state index in [4.69, 9.17) is 9.47 Å². The quantitative estimate of drug-likeness (QED) is 0.444. The number of hydrogen-bond acceptors (Lipinski definition) is 5. The molecule has 1 amide bonds. The van der Waals surface area contributed by atoms with E-state index in [0.29, 0.717) is 34.3 Å². The van der Waals surface area contributed by atoms with E-state index in [2.05, 4.69) is 26.1 Å². The maximum absolute atomic E-state index is 12.5. The van der Waals surface area contributed by atoms with E-state index in [0.717, 1.165) is 5.56 Å². The summed E-state index contributed by atoms with van der Waals surface area (Å²) in [6.07, 6.45) is 0. The smallest absolute Gasteiger partial charge is 0.310 e. The lowest BCUT2D eigenvalue weighted by molar-refractivity contribution is -0.138. The van der Waals surface area contributed by atoms with Crippen molar-refractivity contribution in [1.82, 2.24) is 0 Å². The Kier molecular flexibility index (Phi) is 8.46. The van der Waals surface area contributed by atoms with Crippen LogP contribution < -0.4 is 14.8 Å². The van der Waals surface area contributed by atoms with Crippen LogP contribution in [0.5, 0.6) is 17.2 Å². The predicted molar refractivity (Wildman–Crippen MR) is 135 cm³/mol. The largest absolute Gasteiger partial charge is 0.493 e. The van der Waals surface area contributed by atoms with Crippen LogP contribution in [0.15, 0.2) is 36.4 Å². The summed E-state index contributed by atoms with van der Waals surface area (Å²) in [5.41, 5.74) is 1.73. The number of anilines is 1. The molecule has 0 aliphatic rings. The van der Waals surface area contributed by atoms with Crippen molar-refractivity contribution in [2.24, 2.45) is 5.41 Å². The van der Waals surface area contributed by atoms with Crippen LogP contribution in [0.4, 0.5) is 5.69 Å². The normalized spacial score (nSPS) is 12.7.